The number of nitrogens with two attached hydrogens (primary N) is 1. The van der Waals surface area contributed by atoms with Crippen LogP contribution in [0.1, 0.15) is 17.5 Å². The zero-order valence-corrected chi connectivity index (χ0v) is 17.7. The fourth-order valence-corrected chi connectivity index (χ4v) is 3.25. The second kappa shape index (κ2) is 10.5. The minimum atomic E-state index is 0. The highest BCUT2D eigenvalue weighted by atomic mass is 127. The molecule has 0 radical (unpaired) electrons. The van der Waals surface area contributed by atoms with E-state index < -0.39 is 0 Å². The fraction of sp³-hybridized carbons (Fsp3) is 0.381. The molecule has 26 heavy (non-hydrogen) atoms. The number of anilines is 1. The highest BCUT2D eigenvalue weighted by Crippen LogP contribution is 2.17. The summed E-state index contributed by atoms with van der Waals surface area (Å²) in [6, 6.07) is 18.9. The minimum absolute atomic E-state index is 0. The molecular formula is C21H29IN4. The van der Waals surface area contributed by atoms with E-state index in [0.717, 1.165) is 38.3 Å². The van der Waals surface area contributed by atoms with Gasteiger partial charge in [-0.1, -0.05) is 48.0 Å². The molecule has 1 atom stereocenters. The van der Waals surface area contributed by atoms with Crippen LogP contribution in [0.15, 0.2) is 59.6 Å². The molecular weight excluding hydrogens is 435 g/mol. The maximum atomic E-state index is 6.02. The third kappa shape index (κ3) is 6.61. The first kappa shape index (κ1) is 20.7. The van der Waals surface area contributed by atoms with Crippen molar-refractivity contribution in [3.05, 3.63) is 65.7 Å². The summed E-state index contributed by atoms with van der Waals surface area (Å²) in [5, 5.41) is 3.17. The van der Waals surface area contributed by atoms with Gasteiger partial charge in [0.15, 0.2) is 5.96 Å². The van der Waals surface area contributed by atoms with Gasteiger partial charge >= 0.3 is 0 Å². The zero-order chi connectivity index (χ0) is 17.5. The maximum absolute atomic E-state index is 6.02. The van der Waals surface area contributed by atoms with Crippen molar-refractivity contribution in [2.24, 2.45) is 16.6 Å². The average Bonchev–Trinajstić information content (AvgIpc) is 3.09. The van der Waals surface area contributed by atoms with E-state index in [1.165, 1.54) is 17.5 Å². The lowest BCUT2D eigenvalue weighted by Crippen LogP contribution is -2.26. The molecule has 1 aliphatic rings. The van der Waals surface area contributed by atoms with Crippen LogP contribution in [0.5, 0.6) is 0 Å². The molecule has 140 valence electrons. The van der Waals surface area contributed by atoms with Crippen molar-refractivity contribution in [2.45, 2.75) is 19.8 Å². The summed E-state index contributed by atoms with van der Waals surface area (Å²) in [5.41, 5.74) is 9.66. The van der Waals surface area contributed by atoms with Crippen molar-refractivity contribution in [1.29, 1.82) is 0 Å². The maximum Gasteiger partial charge on any atom is 0.193 e. The van der Waals surface area contributed by atoms with Gasteiger partial charge in [-0.25, -0.2) is 0 Å². The van der Waals surface area contributed by atoms with Crippen LogP contribution in [0.25, 0.3) is 0 Å². The van der Waals surface area contributed by atoms with E-state index in [1.54, 1.807) is 0 Å². The molecule has 0 spiro atoms. The van der Waals surface area contributed by atoms with E-state index in [9.17, 15) is 0 Å². The topological polar surface area (TPSA) is 53.6 Å². The quantitative estimate of drug-likeness (QED) is 0.388. The van der Waals surface area contributed by atoms with E-state index >= 15 is 0 Å². The monoisotopic (exact) mass is 464 g/mol. The van der Waals surface area contributed by atoms with Gasteiger partial charge in [0.05, 0.1) is 0 Å². The number of halogens is 1. The van der Waals surface area contributed by atoms with Crippen LogP contribution >= 0.6 is 24.0 Å². The minimum Gasteiger partial charge on any atom is -0.370 e. The predicted octanol–water partition coefficient (Wildman–Crippen LogP) is 3.90. The van der Waals surface area contributed by atoms with Gasteiger partial charge in [-0.2, -0.15) is 0 Å². The van der Waals surface area contributed by atoms with Crippen molar-refractivity contribution in [3.8, 4) is 0 Å². The first-order valence-electron chi connectivity index (χ1n) is 9.09. The third-order valence-corrected chi connectivity index (χ3v) is 4.77. The largest absolute Gasteiger partial charge is 0.370 e. The summed E-state index contributed by atoms with van der Waals surface area (Å²) in [7, 11) is 0. The Labute approximate surface area is 173 Å². The van der Waals surface area contributed by atoms with Gasteiger partial charge in [-0.05, 0) is 49.9 Å². The van der Waals surface area contributed by atoms with Crippen LogP contribution in [0.2, 0.25) is 0 Å². The fourth-order valence-electron chi connectivity index (χ4n) is 3.25. The number of rotatable bonds is 6. The molecule has 1 unspecified atom stereocenters. The number of benzene rings is 2. The second-order valence-electron chi connectivity index (χ2n) is 6.91. The number of hydrogen-bond acceptors (Lipinski definition) is 2. The summed E-state index contributed by atoms with van der Waals surface area (Å²) in [5.74, 6) is 1.11. The third-order valence-electron chi connectivity index (χ3n) is 4.77. The van der Waals surface area contributed by atoms with Gasteiger partial charge in [0.25, 0.3) is 0 Å². The van der Waals surface area contributed by atoms with Gasteiger partial charge in [0, 0.05) is 25.3 Å². The van der Waals surface area contributed by atoms with Crippen molar-refractivity contribution in [2.75, 3.05) is 31.5 Å². The van der Waals surface area contributed by atoms with E-state index in [2.05, 4.69) is 64.6 Å². The lowest BCUT2D eigenvalue weighted by molar-refractivity contribution is 0.330. The Morgan fingerprint density at radius 1 is 1.15 bits per heavy atom. The molecule has 2 aromatic carbocycles. The highest BCUT2D eigenvalue weighted by Gasteiger charge is 2.21. The summed E-state index contributed by atoms with van der Waals surface area (Å²) in [6.45, 7) is 6.28. The molecule has 1 heterocycles. The second-order valence-corrected chi connectivity index (χ2v) is 6.91. The number of hydrogen-bond donors (Lipinski definition) is 2. The number of aliphatic imine (C=N–C) groups is 1. The molecule has 1 fully saturated rings. The van der Waals surface area contributed by atoms with Crippen LogP contribution in [-0.4, -0.2) is 37.0 Å². The lowest BCUT2D eigenvalue weighted by Gasteiger charge is -2.15. The van der Waals surface area contributed by atoms with Gasteiger partial charge in [0.2, 0.25) is 0 Å². The summed E-state index contributed by atoms with van der Waals surface area (Å²) in [6.07, 6.45) is 2.32. The van der Waals surface area contributed by atoms with Crippen molar-refractivity contribution < 1.29 is 0 Å². The zero-order valence-electron chi connectivity index (χ0n) is 15.4. The number of likely N-dealkylation sites (tertiary alicyclic amines) is 1. The molecule has 0 saturated carbocycles. The number of aryl methyl sites for hydroxylation is 1. The Kier molecular flexibility index (Phi) is 8.38. The molecule has 0 aliphatic carbocycles. The molecule has 0 aromatic heterocycles. The number of guanidine groups is 1. The smallest absolute Gasteiger partial charge is 0.193 e. The van der Waals surface area contributed by atoms with Gasteiger partial charge in [-0.15, -0.1) is 24.0 Å². The normalized spacial score (nSPS) is 17.7. The Bertz CT molecular complexity index is 685. The molecule has 1 aliphatic heterocycles. The lowest BCUT2D eigenvalue weighted by atomic mass is 10.1. The van der Waals surface area contributed by atoms with Crippen LogP contribution < -0.4 is 11.1 Å². The van der Waals surface area contributed by atoms with Gasteiger partial charge in [-0.3, -0.25) is 4.99 Å². The Morgan fingerprint density at radius 3 is 2.62 bits per heavy atom. The number of nitrogens with one attached hydrogen (secondary N) is 1. The Morgan fingerprint density at radius 2 is 1.88 bits per heavy atom. The highest BCUT2D eigenvalue weighted by molar-refractivity contribution is 14.0. The summed E-state index contributed by atoms with van der Waals surface area (Å²) < 4.78 is 0. The van der Waals surface area contributed by atoms with E-state index in [0.29, 0.717) is 11.9 Å². The van der Waals surface area contributed by atoms with Crippen molar-refractivity contribution >= 4 is 35.6 Å². The van der Waals surface area contributed by atoms with Crippen molar-refractivity contribution in [1.82, 2.24) is 4.90 Å². The first-order chi connectivity index (χ1) is 12.2. The standard InChI is InChI=1S/C21H28N4.HI/c1-17-7-9-20(10-8-17)24-21(22)23-15-19-12-14-25(16-19)13-11-18-5-3-2-4-6-18;/h2-10,19H,11-16H2,1H3,(H3,22,23,24);1H. The molecule has 3 rings (SSSR count). The van der Waals surface area contributed by atoms with Crippen molar-refractivity contribution in [3.63, 3.8) is 0 Å². The van der Waals surface area contributed by atoms with Crippen LogP contribution in [0.4, 0.5) is 5.69 Å². The predicted molar refractivity (Wildman–Crippen MR) is 121 cm³/mol. The van der Waals surface area contributed by atoms with Crippen LogP contribution in [0, 0.1) is 12.8 Å². The molecule has 1 saturated heterocycles. The SMILES string of the molecule is Cc1ccc(NC(N)=NCC2CCN(CCc3ccccc3)C2)cc1.I. The molecule has 0 bridgehead atoms. The Hall–Kier alpha value is -1.60. The van der Waals surface area contributed by atoms with E-state index in [1.807, 2.05) is 12.1 Å². The molecule has 3 N–H and O–H groups in total. The van der Waals surface area contributed by atoms with Crippen LogP contribution in [-0.2, 0) is 6.42 Å². The summed E-state index contributed by atoms with van der Waals surface area (Å²) >= 11 is 0. The van der Waals surface area contributed by atoms with Gasteiger partial charge in [0.1, 0.15) is 0 Å². The summed E-state index contributed by atoms with van der Waals surface area (Å²) in [4.78, 5) is 7.07. The molecule has 0 amide bonds. The van der Waals surface area contributed by atoms with E-state index in [-0.39, 0.29) is 24.0 Å². The van der Waals surface area contributed by atoms with E-state index in [4.69, 9.17) is 5.73 Å². The molecule has 4 nitrogen and oxygen atoms in total. The van der Waals surface area contributed by atoms with Crippen LogP contribution in [0.3, 0.4) is 0 Å². The average molecular weight is 464 g/mol. The first-order valence-corrected chi connectivity index (χ1v) is 9.09. The molecule has 2 aromatic rings. The molecule has 5 heteroatoms. The number of nitrogens with zero attached hydrogens (tertiary/aromatic N) is 2. The van der Waals surface area contributed by atoms with Gasteiger partial charge < -0.3 is 16.0 Å². The Balaban J connectivity index is 0.00000243.